The molecule has 0 bridgehead atoms. The molecule has 2 N–H and O–H groups in total. The van der Waals surface area contributed by atoms with Crippen LogP contribution in [0.15, 0.2) is 20.9 Å². The number of rotatable bonds is 32. The van der Waals surface area contributed by atoms with Crippen LogP contribution in [0.4, 0.5) is 0 Å². The molecule has 0 radical (unpaired) electrons. The first-order valence-corrected chi connectivity index (χ1v) is 22.6. The summed E-state index contributed by atoms with van der Waals surface area (Å²) in [5.41, 5.74) is 8.08. The first-order chi connectivity index (χ1) is 29.6. The second-order valence-corrected chi connectivity index (χ2v) is 16.4. The van der Waals surface area contributed by atoms with Crippen LogP contribution in [0.25, 0.3) is 10.4 Å². The van der Waals surface area contributed by atoms with E-state index >= 15 is 0 Å². The van der Waals surface area contributed by atoms with Crippen LogP contribution in [0.1, 0.15) is 129 Å². The zero-order valence-electron chi connectivity index (χ0n) is 36.4. The predicted molar refractivity (Wildman–Crippen MR) is 220 cm³/mol. The number of azide groups is 1. The molecule has 0 spiro atoms. The van der Waals surface area contributed by atoms with Gasteiger partial charge in [-0.1, -0.05) is 51.1 Å². The lowest BCUT2D eigenvalue weighted by Crippen LogP contribution is -2.35. The van der Waals surface area contributed by atoms with E-state index in [1.165, 1.54) is 20.0 Å². The number of carbonyl (C=O) groups excluding carboxylic acids is 5. The lowest BCUT2D eigenvalue weighted by atomic mass is 10.1. The fourth-order valence-electron chi connectivity index (χ4n) is 5.89. The quantitative estimate of drug-likeness (QED) is 0.0180. The van der Waals surface area contributed by atoms with Gasteiger partial charge in [-0.05, 0) is 51.5 Å². The maximum atomic E-state index is 13.8. The van der Waals surface area contributed by atoms with E-state index in [2.05, 4.69) is 20.1 Å². The summed E-state index contributed by atoms with van der Waals surface area (Å²) in [6, 6.07) is -1.96. The minimum atomic E-state index is -4.22. The van der Waals surface area contributed by atoms with E-state index < -0.39 is 86.0 Å². The Kier molecular flexibility index (Phi) is 25.6. The Labute approximate surface area is 360 Å². The third-order valence-electron chi connectivity index (χ3n) is 9.40. The fraction of sp³-hybridized carbons (Fsp3) is 0.769. The number of methoxy groups -OCH3 is 1. The number of carbonyl (C=O) groups is 5. The van der Waals surface area contributed by atoms with E-state index in [9.17, 15) is 38.1 Å². The average Bonchev–Trinajstić information content (AvgIpc) is 3.64. The van der Waals surface area contributed by atoms with Crippen molar-refractivity contribution in [1.82, 2.24) is 14.6 Å². The number of esters is 5. The van der Waals surface area contributed by atoms with Gasteiger partial charge < -0.3 is 28.4 Å². The molecule has 0 aromatic carbocycles. The second kappa shape index (κ2) is 29.7. The maximum Gasteiger partial charge on any atom is 0.406 e. The number of H-pyrrole nitrogens is 1. The molecule has 2 heterocycles. The normalized spacial score (nSPS) is 17.4. The Bertz CT molecular complexity index is 1770. The minimum absolute atomic E-state index is 0.0431. The van der Waals surface area contributed by atoms with Gasteiger partial charge >= 0.3 is 43.3 Å². The zero-order valence-corrected chi connectivity index (χ0v) is 37.3. The van der Waals surface area contributed by atoms with Crippen molar-refractivity contribution in [3.8, 4) is 0 Å². The molecule has 1 aliphatic rings. The summed E-state index contributed by atoms with van der Waals surface area (Å²) in [5.74, 6) is -3.02. The highest BCUT2D eigenvalue weighted by Crippen LogP contribution is 2.46. The Morgan fingerprint density at radius 1 is 0.887 bits per heavy atom. The monoisotopic (exact) mass is 902 g/mol. The Hall–Kier alpha value is -4.59. The first kappa shape index (κ1) is 53.5. The molecule has 62 heavy (non-hydrogen) atoms. The molecule has 1 fully saturated rings. The van der Waals surface area contributed by atoms with Crippen molar-refractivity contribution in [1.29, 1.82) is 0 Å². The molecule has 1 aromatic rings. The third-order valence-corrected chi connectivity index (χ3v) is 11.1. The van der Waals surface area contributed by atoms with Crippen molar-refractivity contribution in [3.63, 3.8) is 0 Å². The number of aromatic amines is 1. The van der Waals surface area contributed by atoms with Crippen molar-refractivity contribution in [2.75, 3.05) is 40.1 Å². The summed E-state index contributed by atoms with van der Waals surface area (Å²) in [5, 5.41) is 6.25. The van der Waals surface area contributed by atoms with Crippen LogP contribution in [0, 0.1) is 6.92 Å². The average molecular weight is 903 g/mol. The van der Waals surface area contributed by atoms with E-state index in [-0.39, 0.29) is 64.1 Å². The molecule has 1 aliphatic heterocycles. The number of aryl methyl sites for hydroxylation is 1. The molecule has 2 unspecified atom stereocenters. The molecule has 5 atom stereocenters. The number of unbranched alkanes of at least 4 members (excludes halogenated alkanes) is 7. The highest BCUT2D eigenvalue weighted by atomic mass is 31.2. The molecular weight excluding hydrogens is 839 g/mol. The molecule has 350 valence electrons. The van der Waals surface area contributed by atoms with E-state index in [0.29, 0.717) is 38.5 Å². The van der Waals surface area contributed by atoms with Crippen molar-refractivity contribution in [3.05, 3.63) is 43.0 Å². The van der Waals surface area contributed by atoms with Crippen molar-refractivity contribution >= 4 is 37.6 Å². The lowest BCUT2D eigenvalue weighted by Gasteiger charge is -2.24. The van der Waals surface area contributed by atoms with Crippen LogP contribution < -0.4 is 16.3 Å². The van der Waals surface area contributed by atoms with Gasteiger partial charge in [0.2, 0.25) is 0 Å². The first-order valence-electron chi connectivity index (χ1n) is 21.1. The number of ether oxygens (including phenoxy) is 6. The minimum Gasteiger partial charge on any atom is -0.468 e. The van der Waals surface area contributed by atoms with Gasteiger partial charge in [-0.25, -0.2) is 14.4 Å². The van der Waals surface area contributed by atoms with E-state index in [1.807, 2.05) is 13.8 Å². The van der Waals surface area contributed by atoms with Gasteiger partial charge in [-0.3, -0.25) is 47.4 Å². The summed E-state index contributed by atoms with van der Waals surface area (Å²) in [6.45, 7) is 5.90. The van der Waals surface area contributed by atoms with Gasteiger partial charge in [0.1, 0.15) is 25.5 Å². The van der Waals surface area contributed by atoms with Crippen LogP contribution in [-0.4, -0.2) is 104 Å². The SMILES string of the molecule is CCCCCC(=O)OCC(COC(=O)CCCCC)OC(=O)CCC(=O)OCCCCCCOP(=O)(NC(C)C(=O)OC)OC[C@H]1O[C@@H](n2cc(C)c(=O)[nH]c2=O)C[C@@H]1N=[N+]=[N-]. The van der Waals surface area contributed by atoms with Crippen molar-refractivity contribution in [2.45, 2.75) is 155 Å². The van der Waals surface area contributed by atoms with Gasteiger partial charge in [-0.15, -0.1) is 0 Å². The Morgan fingerprint density at radius 3 is 2.08 bits per heavy atom. The largest absolute Gasteiger partial charge is 0.468 e. The highest BCUT2D eigenvalue weighted by molar-refractivity contribution is 7.51. The zero-order chi connectivity index (χ0) is 45.9. The molecule has 0 amide bonds. The van der Waals surface area contributed by atoms with Crippen LogP contribution in [-0.2, 0) is 66.0 Å². The van der Waals surface area contributed by atoms with Crippen LogP contribution in [0.5, 0.6) is 0 Å². The van der Waals surface area contributed by atoms with Crippen LogP contribution >= 0.6 is 7.75 Å². The van der Waals surface area contributed by atoms with Crippen molar-refractivity contribution < 1.29 is 66.0 Å². The third kappa shape index (κ3) is 21.0. The molecule has 2 rings (SSSR count). The van der Waals surface area contributed by atoms with Gasteiger partial charge in [-0.2, -0.15) is 0 Å². The number of aromatic nitrogens is 2. The Morgan fingerprint density at radius 2 is 1.48 bits per heavy atom. The van der Waals surface area contributed by atoms with E-state index in [1.54, 1.807) is 0 Å². The van der Waals surface area contributed by atoms with E-state index in [4.69, 9.17) is 43.0 Å². The summed E-state index contributed by atoms with van der Waals surface area (Å²) in [6.07, 6.45) is 5.19. The van der Waals surface area contributed by atoms with E-state index in [0.717, 1.165) is 37.4 Å². The molecule has 23 heteroatoms. The van der Waals surface area contributed by atoms with Gasteiger partial charge in [0.15, 0.2) is 6.10 Å². The summed E-state index contributed by atoms with van der Waals surface area (Å²) >= 11 is 0. The lowest BCUT2D eigenvalue weighted by molar-refractivity contribution is -0.167. The fourth-order valence-corrected chi connectivity index (χ4v) is 7.41. The maximum absolute atomic E-state index is 13.8. The van der Waals surface area contributed by atoms with Crippen LogP contribution in [0.2, 0.25) is 0 Å². The van der Waals surface area contributed by atoms with Gasteiger partial charge in [0.05, 0.1) is 51.9 Å². The van der Waals surface area contributed by atoms with Crippen LogP contribution in [0.3, 0.4) is 0 Å². The number of hydrogen-bond donors (Lipinski definition) is 2. The molecule has 0 aliphatic carbocycles. The number of nitrogens with one attached hydrogen (secondary N) is 2. The summed E-state index contributed by atoms with van der Waals surface area (Å²) < 4.78 is 57.9. The predicted octanol–water partition coefficient (Wildman–Crippen LogP) is 5.15. The topological polar surface area (TPSA) is 292 Å². The van der Waals surface area contributed by atoms with Gasteiger partial charge in [0, 0.05) is 35.9 Å². The molecule has 1 aromatic heterocycles. The molecule has 0 saturated carbocycles. The standard InChI is InChI=1S/C39H63N6O16P/c1-6-8-12-16-33(46)56-24-29(25-57-34(47)17-13-9-7-2)60-36(49)19-18-35(48)55-20-14-10-11-15-21-58-62(53,43-28(4)38(51)54-5)59-26-31-30(42-44-40)22-32(61-31)45-23-27(3)37(50)41-39(45)52/h23,28-32H,6-22,24-26H2,1-5H3,(H,43,53)(H,41,50,52)/t28?,30-,31+,32+,62?/m0/s1. The second-order valence-electron chi connectivity index (χ2n) is 14.6. The van der Waals surface area contributed by atoms with Crippen molar-refractivity contribution in [2.24, 2.45) is 5.11 Å². The Balaban J connectivity index is 1.81. The smallest absolute Gasteiger partial charge is 0.406 e. The molecule has 1 saturated heterocycles. The van der Waals surface area contributed by atoms with Gasteiger partial charge in [0.25, 0.3) is 5.56 Å². The summed E-state index contributed by atoms with van der Waals surface area (Å²) in [7, 11) is -3.06. The number of hydrogen-bond acceptors (Lipinski definition) is 17. The number of nitrogens with zero attached hydrogens (tertiary/aromatic N) is 4. The summed E-state index contributed by atoms with van der Waals surface area (Å²) in [4.78, 5) is 90.5. The highest BCUT2D eigenvalue weighted by Gasteiger charge is 2.39. The molecular formula is C39H63N6O16P. The molecule has 22 nitrogen and oxygen atoms in total.